The Morgan fingerprint density at radius 1 is 1.21 bits per heavy atom. The number of fused-ring (bicyclic) bond motifs is 1. The Bertz CT molecular complexity index is 644. The topological polar surface area (TPSA) is 42.1 Å². The Balaban J connectivity index is 1.95. The number of halogens is 1. The van der Waals surface area contributed by atoms with E-state index in [-0.39, 0.29) is 17.4 Å². The molecule has 0 radical (unpaired) electrons. The predicted molar refractivity (Wildman–Crippen MR) is 72.0 cm³/mol. The molecule has 1 heterocycles. The van der Waals surface area contributed by atoms with E-state index in [0.717, 1.165) is 25.7 Å². The molecule has 0 unspecified atom stereocenters. The summed E-state index contributed by atoms with van der Waals surface area (Å²) in [5.74, 6) is -0.209. The van der Waals surface area contributed by atoms with Crippen LogP contribution in [0.3, 0.4) is 0 Å². The number of H-pyrrole nitrogens is 1. The molecule has 0 spiro atoms. The fraction of sp³-hybridized carbons (Fsp3) is 0.400. The van der Waals surface area contributed by atoms with Gasteiger partial charge in [0.1, 0.15) is 0 Å². The van der Waals surface area contributed by atoms with Crippen molar-refractivity contribution in [2.24, 2.45) is 0 Å². The van der Waals surface area contributed by atoms with E-state index >= 15 is 0 Å². The number of hydrogen-bond donors (Lipinski definition) is 1. The van der Waals surface area contributed by atoms with E-state index in [1.807, 2.05) is 0 Å². The second-order valence-corrected chi connectivity index (χ2v) is 5.05. The van der Waals surface area contributed by atoms with Gasteiger partial charge in [0.05, 0.1) is 11.5 Å². The minimum Gasteiger partial charge on any atom is -0.487 e. The Morgan fingerprint density at radius 3 is 2.79 bits per heavy atom. The molecule has 3 rings (SSSR count). The van der Waals surface area contributed by atoms with E-state index in [1.54, 1.807) is 18.3 Å². The Kier molecular flexibility index (Phi) is 3.23. The second kappa shape index (κ2) is 5.03. The zero-order valence-electron chi connectivity index (χ0n) is 10.6. The second-order valence-electron chi connectivity index (χ2n) is 5.05. The fourth-order valence-corrected chi connectivity index (χ4v) is 2.64. The van der Waals surface area contributed by atoms with Crippen LogP contribution in [0.25, 0.3) is 10.8 Å². The Morgan fingerprint density at radius 2 is 2.00 bits per heavy atom. The normalized spacial score (nSPS) is 16.7. The third kappa shape index (κ3) is 2.48. The average Bonchev–Trinajstić information content (AvgIpc) is 2.42. The predicted octanol–water partition coefficient (Wildman–Crippen LogP) is 3.38. The van der Waals surface area contributed by atoms with Crippen molar-refractivity contribution in [2.75, 3.05) is 0 Å². The van der Waals surface area contributed by atoms with Crippen LogP contribution in [0.2, 0.25) is 0 Å². The van der Waals surface area contributed by atoms with Crippen molar-refractivity contribution in [3.63, 3.8) is 0 Å². The van der Waals surface area contributed by atoms with Crippen molar-refractivity contribution in [1.82, 2.24) is 4.98 Å². The van der Waals surface area contributed by atoms with E-state index in [4.69, 9.17) is 4.74 Å². The lowest BCUT2D eigenvalue weighted by Gasteiger charge is -2.23. The zero-order valence-corrected chi connectivity index (χ0v) is 10.6. The molecule has 0 atom stereocenters. The van der Waals surface area contributed by atoms with Crippen LogP contribution in [-0.2, 0) is 0 Å². The first kappa shape index (κ1) is 12.2. The summed E-state index contributed by atoms with van der Waals surface area (Å²) in [5, 5.41) is 1.06. The number of hydrogen-bond acceptors (Lipinski definition) is 2. The number of nitrogens with one attached hydrogen (secondary N) is 1. The third-order valence-electron chi connectivity index (χ3n) is 3.67. The van der Waals surface area contributed by atoms with Crippen molar-refractivity contribution in [2.45, 2.75) is 38.2 Å². The van der Waals surface area contributed by atoms with Crippen LogP contribution in [0.4, 0.5) is 4.39 Å². The highest BCUT2D eigenvalue weighted by Gasteiger charge is 2.17. The molecule has 1 N–H and O–H groups in total. The van der Waals surface area contributed by atoms with E-state index < -0.39 is 5.82 Å². The first-order chi connectivity index (χ1) is 9.24. The van der Waals surface area contributed by atoms with Gasteiger partial charge in [-0.15, -0.1) is 0 Å². The summed E-state index contributed by atoms with van der Waals surface area (Å²) in [7, 11) is 0. The van der Waals surface area contributed by atoms with Gasteiger partial charge in [-0.25, -0.2) is 4.39 Å². The van der Waals surface area contributed by atoms with Gasteiger partial charge in [0.2, 0.25) is 0 Å². The molecule has 1 aromatic carbocycles. The molecule has 100 valence electrons. The Labute approximate surface area is 110 Å². The summed E-state index contributed by atoms with van der Waals surface area (Å²) in [6, 6.07) is 4.63. The molecular formula is C15H16FNO2. The third-order valence-corrected chi connectivity index (χ3v) is 3.67. The average molecular weight is 261 g/mol. The summed E-state index contributed by atoms with van der Waals surface area (Å²) >= 11 is 0. The number of pyridine rings is 1. The van der Waals surface area contributed by atoms with Crippen LogP contribution in [0.15, 0.2) is 29.2 Å². The minimum atomic E-state index is -0.463. The van der Waals surface area contributed by atoms with Gasteiger partial charge >= 0.3 is 0 Å². The molecule has 0 aliphatic heterocycles. The lowest BCUT2D eigenvalue weighted by molar-refractivity contribution is 0.149. The highest BCUT2D eigenvalue weighted by molar-refractivity contribution is 5.82. The molecule has 0 amide bonds. The maximum absolute atomic E-state index is 14.0. The van der Waals surface area contributed by atoms with Crippen LogP contribution >= 0.6 is 0 Å². The quantitative estimate of drug-likeness (QED) is 0.900. The molecule has 1 saturated carbocycles. The first-order valence-electron chi connectivity index (χ1n) is 6.71. The van der Waals surface area contributed by atoms with Crippen LogP contribution in [-0.4, -0.2) is 11.1 Å². The fourth-order valence-electron chi connectivity index (χ4n) is 2.64. The van der Waals surface area contributed by atoms with Crippen LogP contribution in [0, 0.1) is 5.82 Å². The number of aromatic amines is 1. The van der Waals surface area contributed by atoms with Crippen molar-refractivity contribution in [1.29, 1.82) is 0 Å². The van der Waals surface area contributed by atoms with Crippen LogP contribution in [0.5, 0.6) is 5.75 Å². The number of aromatic nitrogens is 1. The van der Waals surface area contributed by atoms with E-state index in [1.165, 1.54) is 12.5 Å². The van der Waals surface area contributed by atoms with Gasteiger partial charge in [-0.1, -0.05) is 6.42 Å². The van der Waals surface area contributed by atoms with Gasteiger partial charge in [0.25, 0.3) is 5.56 Å². The zero-order chi connectivity index (χ0) is 13.2. The molecule has 19 heavy (non-hydrogen) atoms. The highest BCUT2D eigenvalue weighted by Crippen LogP contribution is 2.27. The summed E-state index contributed by atoms with van der Waals surface area (Å²) in [4.78, 5) is 14.1. The molecular weight excluding hydrogens is 245 g/mol. The van der Waals surface area contributed by atoms with E-state index in [0.29, 0.717) is 10.8 Å². The highest BCUT2D eigenvalue weighted by atomic mass is 19.1. The van der Waals surface area contributed by atoms with Crippen molar-refractivity contribution in [3.8, 4) is 5.75 Å². The number of rotatable bonds is 2. The smallest absolute Gasteiger partial charge is 0.255 e. The molecule has 1 aromatic heterocycles. The molecule has 3 nitrogen and oxygen atoms in total. The number of ether oxygens (including phenoxy) is 1. The van der Waals surface area contributed by atoms with Crippen LogP contribution in [0.1, 0.15) is 32.1 Å². The van der Waals surface area contributed by atoms with Gasteiger partial charge < -0.3 is 9.72 Å². The largest absolute Gasteiger partial charge is 0.487 e. The molecule has 2 aromatic rings. The lowest BCUT2D eigenvalue weighted by atomic mass is 9.98. The Hall–Kier alpha value is -1.84. The summed E-state index contributed by atoms with van der Waals surface area (Å²) in [5.41, 5.74) is -0.277. The van der Waals surface area contributed by atoms with Gasteiger partial charge in [0.15, 0.2) is 11.6 Å². The van der Waals surface area contributed by atoms with E-state index in [2.05, 4.69) is 4.98 Å². The maximum atomic E-state index is 14.0. The summed E-state index contributed by atoms with van der Waals surface area (Å²) in [6.07, 6.45) is 7.13. The van der Waals surface area contributed by atoms with Gasteiger partial charge in [-0.3, -0.25) is 4.79 Å². The molecule has 1 aliphatic rings. The van der Waals surface area contributed by atoms with Gasteiger partial charge in [-0.2, -0.15) is 0 Å². The molecule has 1 aliphatic carbocycles. The van der Waals surface area contributed by atoms with Gasteiger partial charge in [0, 0.05) is 6.20 Å². The standard InChI is InChI=1S/C15H16FNO2/c16-13-9-12-10(6-7-17-15(12)18)8-14(13)19-11-4-2-1-3-5-11/h6-9,11H,1-5H2,(H,17,18). The molecule has 0 bridgehead atoms. The monoisotopic (exact) mass is 261 g/mol. The minimum absolute atomic E-state index is 0.0997. The first-order valence-corrected chi connectivity index (χ1v) is 6.71. The molecule has 0 saturated heterocycles. The van der Waals surface area contributed by atoms with E-state index in [9.17, 15) is 9.18 Å². The number of benzene rings is 1. The van der Waals surface area contributed by atoms with Crippen molar-refractivity contribution < 1.29 is 9.13 Å². The SMILES string of the molecule is O=c1[nH]ccc2cc(OC3CCCCC3)c(F)cc12. The lowest BCUT2D eigenvalue weighted by Crippen LogP contribution is -2.20. The molecule has 1 fully saturated rings. The summed E-state index contributed by atoms with van der Waals surface area (Å²) in [6.45, 7) is 0. The van der Waals surface area contributed by atoms with Crippen molar-refractivity contribution in [3.05, 3.63) is 40.6 Å². The van der Waals surface area contributed by atoms with Gasteiger partial charge in [-0.05, 0) is 49.3 Å². The maximum Gasteiger partial charge on any atom is 0.255 e. The van der Waals surface area contributed by atoms with Crippen LogP contribution < -0.4 is 10.3 Å². The van der Waals surface area contributed by atoms with Crippen molar-refractivity contribution >= 4 is 10.8 Å². The summed E-state index contributed by atoms with van der Waals surface area (Å²) < 4.78 is 19.7. The molecule has 4 heteroatoms.